The first kappa shape index (κ1) is 38.1. The standard InChI is InChI=1S/2C8H17.2C4H6O5.Sn/c2*1-3-5-7-8-6-4-2;2*5-2(4(8)9)1-3(6)7;/h2*1,3-8H2,2H3;2*2,5H,1H2,(H,6,7)(H,8,9);/q;;;;+4/p-4. The van der Waals surface area contributed by atoms with Gasteiger partial charge >= 0.3 is 121 Å². The second-order valence-electron chi connectivity index (χ2n) is 8.11. The molecule has 6 radical (unpaired) electrons. The predicted octanol–water partition coefficient (Wildman–Crippen LogP) is -1.28. The molecule has 10 nitrogen and oxygen atoms in total. The number of carbonyl (C=O) groups excluding carboxylic acids is 4. The van der Waals surface area contributed by atoms with Crippen LogP contribution in [0.1, 0.15) is 104 Å². The molecule has 0 bridgehead atoms. The van der Waals surface area contributed by atoms with Crippen molar-refractivity contribution in [2.75, 3.05) is 0 Å². The van der Waals surface area contributed by atoms with Crippen LogP contribution in [-0.2, 0) is 19.2 Å². The van der Waals surface area contributed by atoms with Gasteiger partial charge in [0.1, 0.15) is 0 Å². The summed E-state index contributed by atoms with van der Waals surface area (Å²) in [5, 5.41) is 54.7. The zero-order chi connectivity index (χ0) is 27.5. The van der Waals surface area contributed by atoms with Gasteiger partial charge in [0.15, 0.2) is 0 Å². The summed E-state index contributed by atoms with van der Waals surface area (Å²) in [4.78, 5) is 38.3. The number of rotatable bonds is 20. The van der Waals surface area contributed by atoms with Crippen molar-refractivity contribution in [3.8, 4) is 0 Å². The Bertz CT molecular complexity index is 496. The predicted molar refractivity (Wildman–Crippen MR) is 123 cm³/mol. The quantitative estimate of drug-likeness (QED) is 0.124. The van der Waals surface area contributed by atoms with Crippen molar-refractivity contribution in [3.63, 3.8) is 0 Å². The van der Waals surface area contributed by atoms with Crippen LogP contribution in [0.5, 0.6) is 0 Å². The molecule has 0 saturated heterocycles. The fourth-order valence-electron chi connectivity index (χ4n) is 2.67. The van der Waals surface area contributed by atoms with Crippen molar-refractivity contribution in [1.29, 1.82) is 0 Å². The molecule has 0 amide bonds. The monoisotopic (exact) mass is 610 g/mol. The van der Waals surface area contributed by atoms with Gasteiger partial charge < -0.3 is 49.8 Å². The Kier molecular flexibility index (Phi) is 31.4. The van der Waals surface area contributed by atoms with Gasteiger partial charge in [-0.2, -0.15) is 0 Å². The minimum Gasteiger partial charge on any atom is -0.550 e. The number of unbranched alkanes of at least 4 members (excludes halogenated alkanes) is 10. The Hall–Kier alpha value is -1.40. The van der Waals surface area contributed by atoms with Crippen LogP contribution in [0.3, 0.4) is 0 Å². The molecule has 202 valence electrons. The number of carboxylic acids is 4. The molecule has 0 heterocycles. The zero-order valence-corrected chi connectivity index (χ0v) is 24.0. The van der Waals surface area contributed by atoms with Crippen LogP contribution in [0, 0.1) is 0 Å². The summed E-state index contributed by atoms with van der Waals surface area (Å²) >= 11 is 0.0736. The van der Waals surface area contributed by atoms with E-state index >= 15 is 0 Å². The van der Waals surface area contributed by atoms with E-state index in [1.807, 2.05) is 0 Å². The van der Waals surface area contributed by atoms with Gasteiger partial charge in [-0.15, -0.1) is 0 Å². The van der Waals surface area contributed by atoms with Crippen LogP contribution in [0.4, 0.5) is 0 Å². The zero-order valence-electron chi connectivity index (χ0n) is 21.1. The number of hydrogen-bond donors (Lipinski definition) is 2. The first-order valence-electron chi connectivity index (χ1n) is 12.4. The number of carboxylic acid groups (broad SMARTS) is 4. The molecule has 0 spiro atoms. The second kappa shape index (κ2) is 28.8. The molecule has 2 atom stereocenters. The van der Waals surface area contributed by atoms with Crippen LogP contribution < -0.4 is 20.4 Å². The molecule has 0 aliphatic heterocycles. The van der Waals surface area contributed by atoms with Crippen LogP contribution in [0.25, 0.3) is 0 Å². The number of carbonyl (C=O) groups is 4. The van der Waals surface area contributed by atoms with E-state index in [9.17, 15) is 39.6 Å². The summed E-state index contributed by atoms with van der Waals surface area (Å²) < 4.78 is 3.31. The van der Waals surface area contributed by atoms with E-state index in [-0.39, 0.29) is 21.1 Å². The van der Waals surface area contributed by atoms with Crippen molar-refractivity contribution in [2.45, 2.75) is 125 Å². The molecular formula is C24H42O10Sn. The van der Waals surface area contributed by atoms with E-state index in [2.05, 4.69) is 13.8 Å². The van der Waals surface area contributed by atoms with E-state index in [1.54, 1.807) is 21.7 Å². The molecule has 0 aromatic heterocycles. The number of aliphatic carboxylic acids is 4. The maximum atomic E-state index is 9.58. The second-order valence-corrected chi connectivity index (χ2v) is 12.4. The summed E-state index contributed by atoms with van der Waals surface area (Å²) in [6, 6.07) is 0. The van der Waals surface area contributed by atoms with Gasteiger partial charge in [-0.25, -0.2) is 0 Å². The minimum absolute atomic E-state index is 0.0736. The molecule has 0 saturated carbocycles. The largest absolute Gasteiger partial charge is 0.550 e. The van der Waals surface area contributed by atoms with Crippen LogP contribution in [0.2, 0.25) is 8.87 Å². The van der Waals surface area contributed by atoms with E-state index in [4.69, 9.17) is 10.2 Å². The third-order valence-electron chi connectivity index (χ3n) is 4.68. The van der Waals surface area contributed by atoms with Gasteiger partial charge in [-0.3, -0.25) is 0 Å². The van der Waals surface area contributed by atoms with Crippen molar-refractivity contribution in [1.82, 2.24) is 0 Å². The normalized spacial score (nSPS) is 11.8. The summed E-state index contributed by atoms with van der Waals surface area (Å²) in [7, 11) is 0. The van der Waals surface area contributed by atoms with Crippen molar-refractivity contribution < 1.29 is 49.8 Å². The van der Waals surface area contributed by atoms with E-state index in [0.29, 0.717) is 0 Å². The molecule has 11 heteroatoms. The maximum absolute atomic E-state index is 9.58. The molecule has 35 heavy (non-hydrogen) atoms. The average Bonchev–Trinajstić information content (AvgIpc) is 2.77. The topological polar surface area (TPSA) is 201 Å². The Morgan fingerprint density at radius 1 is 0.571 bits per heavy atom. The molecule has 0 aromatic carbocycles. The van der Waals surface area contributed by atoms with Gasteiger partial charge in [0.05, 0.1) is 24.1 Å². The first-order chi connectivity index (χ1) is 16.5. The summed E-state index contributed by atoms with van der Waals surface area (Å²) in [5.41, 5.74) is 0. The van der Waals surface area contributed by atoms with Crippen LogP contribution in [0.15, 0.2) is 0 Å². The van der Waals surface area contributed by atoms with Crippen molar-refractivity contribution in [3.05, 3.63) is 0 Å². The molecule has 2 unspecified atom stereocenters. The van der Waals surface area contributed by atoms with E-state index < -0.39 is 48.9 Å². The van der Waals surface area contributed by atoms with Crippen LogP contribution >= 0.6 is 0 Å². The molecule has 0 rings (SSSR count). The molecular weight excluding hydrogens is 567 g/mol. The number of aliphatic hydroxyl groups is 2. The number of aliphatic hydroxyl groups excluding tert-OH is 2. The third kappa shape index (κ3) is 37.3. The Labute approximate surface area is 219 Å². The Morgan fingerprint density at radius 3 is 1.09 bits per heavy atom. The summed E-state index contributed by atoms with van der Waals surface area (Å²) in [6.45, 7) is 4.60. The maximum Gasteiger partial charge on any atom is 0.0985 e. The molecule has 0 aliphatic carbocycles. The van der Waals surface area contributed by atoms with Crippen molar-refractivity contribution in [2.24, 2.45) is 0 Å². The van der Waals surface area contributed by atoms with E-state index in [1.165, 1.54) is 64.2 Å². The van der Waals surface area contributed by atoms with Gasteiger partial charge in [0.25, 0.3) is 0 Å². The fourth-order valence-corrected chi connectivity index (χ4v) is 6.24. The van der Waals surface area contributed by atoms with Crippen LogP contribution in [-0.4, -0.2) is 67.4 Å². The van der Waals surface area contributed by atoms with Gasteiger partial charge in [0, 0.05) is 24.8 Å². The third-order valence-corrected chi connectivity index (χ3v) is 8.71. The van der Waals surface area contributed by atoms with Gasteiger partial charge in [-0.05, 0) is 0 Å². The first-order valence-corrected chi connectivity index (χ1v) is 16.4. The molecule has 0 aliphatic rings. The smallest absolute Gasteiger partial charge is 0.0985 e. The van der Waals surface area contributed by atoms with Gasteiger partial charge in [0.2, 0.25) is 0 Å². The average molecular weight is 609 g/mol. The molecule has 0 fully saturated rings. The fraction of sp³-hybridized carbons (Fsp3) is 0.833. The van der Waals surface area contributed by atoms with E-state index in [0.717, 1.165) is 0 Å². The Morgan fingerprint density at radius 2 is 0.857 bits per heavy atom. The Balaban J connectivity index is -0.000000481. The molecule has 0 aromatic rings. The van der Waals surface area contributed by atoms with Gasteiger partial charge in [-0.1, -0.05) is 0 Å². The summed E-state index contributed by atoms with van der Waals surface area (Å²) in [6.07, 6.45) is 12.0. The number of hydrogen-bond acceptors (Lipinski definition) is 10. The minimum atomic E-state index is -1.96. The SMILES string of the molecule is CCCCCCC[CH2][Sn+4][CH2]CCCCCCC.O=C([O-])CC(O)C(=O)[O-].O=C([O-])CC(O)C(=O)[O-]. The van der Waals surface area contributed by atoms with Crippen molar-refractivity contribution >= 4 is 45.0 Å². The molecule has 2 N–H and O–H groups in total. The summed E-state index contributed by atoms with van der Waals surface area (Å²) in [5.74, 6) is -6.85.